The SMILES string of the molecule is N[C@@H]1CC[C@H](C(=O)NCc2ccccc2N2CCOCC2)C1. The Morgan fingerprint density at radius 3 is 2.77 bits per heavy atom. The van der Waals surface area contributed by atoms with Gasteiger partial charge in [-0.15, -0.1) is 0 Å². The lowest BCUT2D eigenvalue weighted by Gasteiger charge is -2.30. The third kappa shape index (κ3) is 3.59. The highest BCUT2D eigenvalue weighted by molar-refractivity contribution is 5.79. The molecule has 0 bridgehead atoms. The van der Waals surface area contributed by atoms with Gasteiger partial charge in [-0.2, -0.15) is 0 Å². The molecule has 5 heteroatoms. The van der Waals surface area contributed by atoms with Gasteiger partial charge in [0.25, 0.3) is 0 Å². The minimum absolute atomic E-state index is 0.0885. The van der Waals surface area contributed by atoms with Crippen LogP contribution in [0.3, 0.4) is 0 Å². The molecule has 0 unspecified atom stereocenters. The standard InChI is InChI=1S/C17H25N3O2/c18-15-6-5-13(11-15)17(21)19-12-14-3-1-2-4-16(14)20-7-9-22-10-8-20/h1-4,13,15H,5-12,18H2,(H,19,21)/t13-,15+/m0/s1. The predicted octanol–water partition coefficient (Wildman–Crippen LogP) is 1.27. The minimum atomic E-state index is 0.0885. The van der Waals surface area contributed by atoms with E-state index in [0.717, 1.165) is 45.6 Å². The molecule has 1 saturated heterocycles. The molecule has 0 aromatic heterocycles. The molecule has 1 aliphatic carbocycles. The molecule has 1 aliphatic heterocycles. The van der Waals surface area contributed by atoms with E-state index >= 15 is 0 Å². The lowest BCUT2D eigenvalue weighted by Crippen LogP contribution is -2.37. The Morgan fingerprint density at radius 1 is 1.27 bits per heavy atom. The van der Waals surface area contributed by atoms with E-state index < -0.39 is 0 Å². The first-order chi connectivity index (χ1) is 10.7. The summed E-state index contributed by atoms with van der Waals surface area (Å²) in [4.78, 5) is 14.6. The molecular weight excluding hydrogens is 278 g/mol. The third-order valence-corrected chi connectivity index (χ3v) is 4.64. The molecule has 2 atom stereocenters. The highest BCUT2D eigenvalue weighted by Crippen LogP contribution is 2.25. The van der Waals surface area contributed by atoms with Gasteiger partial charge in [-0.25, -0.2) is 0 Å². The Kier molecular flexibility index (Phi) is 4.95. The molecule has 22 heavy (non-hydrogen) atoms. The predicted molar refractivity (Wildman–Crippen MR) is 86.6 cm³/mol. The summed E-state index contributed by atoms with van der Waals surface area (Å²) in [7, 11) is 0. The summed E-state index contributed by atoms with van der Waals surface area (Å²) in [6, 6.07) is 8.48. The van der Waals surface area contributed by atoms with Crippen LogP contribution in [0.5, 0.6) is 0 Å². The number of nitrogens with two attached hydrogens (primary N) is 1. The normalized spacial score (nSPS) is 25.2. The summed E-state index contributed by atoms with van der Waals surface area (Å²) in [5.41, 5.74) is 8.26. The Hall–Kier alpha value is -1.59. The van der Waals surface area contributed by atoms with Crippen molar-refractivity contribution < 1.29 is 9.53 Å². The van der Waals surface area contributed by atoms with Gasteiger partial charge >= 0.3 is 0 Å². The zero-order chi connectivity index (χ0) is 15.4. The van der Waals surface area contributed by atoms with Gasteiger partial charge in [0.05, 0.1) is 13.2 Å². The molecule has 1 heterocycles. The quantitative estimate of drug-likeness (QED) is 0.879. The van der Waals surface area contributed by atoms with Crippen molar-refractivity contribution in [3.8, 4) is 0 Å². The van der Waals surface area contributed by atoms with Gasteiger partial charge in [-0.3, -0.25) is 4.79 Å². The Labute approximate surface area is 131 Å². The van der Waals surface area contributed by atoms with E-state index in [-0.39, 0.29) is 17.9 Å². The van der Waals surface area contributed by atoms with Crippen LogP contribution in [-0.4, -0.2) is 38.3 Å². The Morgan fingerprint density at radius 2 is 2.05 bits per heavy atom. The molecule has 1 aromatic carbocycles. The number of amides is 1. The number of morpholine rings is 1. The topological polar surface area (TPSA) is 67.6 Å². The highest BCUT2D eigenvalue weighted by Gasteiger charge is 2.27. The maximum absolute atomic E-state index is 12.3. The second-order valence-electron chi connectivity index (χ2n) is 6.22. The van der Waals surface area contributed by atoms with Gasteiger partial charge < -0.3 is 20.7 Å². The van der Waals surface area contributed by atoms with Crippen LogP contribution in [0.4, 0.5) is 5.69 Å². The largest absolute Gasteiger partial charge is 0.378 e. The molecule has 2 fully saturated rings. The third-order valence-electron chi connectivity index (χ3n) is 4.64. The number of nitrogens with one attached hydrogen (secondary N) is 1. The fourth-order valence-corrected chi connectivity index (χ4v) is 3.35. The van der Waals surface area contributed by atoms with Gasteiger partial charge in [0.15, 0.2) is 0 Å². The van der Waals surface area contributed by atoms with Crippen LogP contribution in [0.2, 0.25) is 0 Å². The van der Waals surface area contributed by atoms with E-state index in [1.807, 2.05) is 12.1 Å². The van der Waals surface area contributed by atoms with Crippen LogP contribution < -0.4 is 16.0 Å². The summed E-state index contributed by atoms with van der Waals surface area (Å²) >= 11 is 0. The van der Waals surface area contributed by atoms with Crippen LogP contribution in [-0.2, 0) is 16.1 Å². The molecule has 1 aromatic rings. The van der Waals surface area contributed by atoms with E-state index in [4.69, 9.17) is 10.5 Å². The zero-order valence-electron chi connectivity index (χ0n) is 13.0. The molecule has 0 radical (unpaired) electrons. The van der Waals surface area contributed by atoms with Crippen molar-refractivity contribution >= 4 is 11.6 Å². The summed E-state index contributed by atoms with van der Waals surface area (Å²) in [5, 5.41) is 3.09. The van der Waals surface area contributed by atoms with E-state index in [9.17, 15) is 4.79 Å². The number of rotatable bonds is 4. The van der Waals surface area contributed by atoms with Crippen molar-refractivity contribution in [2.75, 3.05) is 31.2 Å². The summed E-state index contributed by atoms with van der Waals surface area (Å²) < 4.78 is 5.41. The van der Waals surface area contributed by atoms with E-state index in [1.54, 1.807) is 0 Å². The number of ether oxygens (including phenoxy) is 1. The van der Waals surface area contributed by atoms with Gasteiger partial charge in [-0.05, 0) is 30.9 Å². The van der Waals surface area contributed by atoms with Crippen LogP contribution >= 0.6 is 0 Å². The number of anilines is 1. The van der Waals surface area contributed by atoms with Crippen molar-refractivity contribution in [3.63, 3.8) is 0 Å². The number of hydrogen-bond donors (Lipinski definition) is 2. The molecule has 3 rings (SSSR count). The average molecular weight is 303 g/mol. The lowest BCUT2D eigenvalue weighted by molar-refractivity contribution is -0.125. The summed E-state index contributed by atoms with van der Waals surface area (Å²) in [5.74, 6) is 0.232. The minimum Gasteiger partial charge on any atom is -0.378 e. The van der Waals surface area contributed by atoms with Crippen LogP contribution in [0.15, 0.2) is 24.3 Å². The smallest absolute Gasteiger partial charge is 0.223 e. The van der Waals surface area contributed by atoms with Crippen LogP contribution in [0.25, 0.3) is 0 Å². The number of carbonyl (C=O) groups is 1. The first-order valence-corrected chi connectivity index (χ1v) is 8.18. The molecule has 3 N–H and O–H groups in total. The fourth-order valence-electron chi connectivity index (χ4n) is 3.35. The maximum atomic E-state index is 12.3. The maximum Gasteiger partial charge on any atom is 0.223 e. The van der Waals surface area contributed by atoms with Crippen LogP contribution in [0, 0.1) is 5.92 Å². The van der Waals surface area contributed by atoms with Crippen molar-refractivity contribution in [2.45, 2.75) is 31.8 Å². The number of para-hydroxylation sites is 1. The number of benzene rings is 1. The van der Waals surface area contributed by atoms with Gasteiger partial charge in [-0.1, -0.05) is 18.2 Å². The van der Waals surface area contributed by atoms with Crippen molar-refractivity contribution in [2.24, 2.45) is 11.7 Å². The number of carbonyl (C=O) groups excluding carboxylic acids is 1. The van der Waals surface area contributed by atoms with Crippen molar-refractivity contribution in [1.29, 1.82) is 0 Å². The molecule has 120 valence electrons. The lowest BCUT2D eigenvalue weighted by atomic mass is 10.1. The molecule has 1 amide bonds. The molecule has 1 saturated carbocycles. The number of hydrogen-bond acceptors (Lipinski definition) is 4. The van der Waals surface area contributed by atoms with E-state index in [2.05, 4.69) is 22.3 Å². The van der Waals surface area contributed by atoms with E-state index in [1.165, 1.54) is 11.3 Å². The molecule has 2 aliphatic rings. The monoisotopic (exact) mass is 303 g/mol. The van der Waals surface area contributed by atoms with Crippen molar-refractivity contribution in [1.82, 2.24) is 5.32 Å². The van der Waals surface area contributed by atoms with Crippen molar-refractivity contribution in [3.05, 3.63) is 29.8 Å². The zero-order valence-corrected chi connectivity index (χ0v) is 13.0. The molecule has 5 nitrogen and oxygen atoms in total. The molecular formula is C17H25N3O2. The fraction of sp³-hybridized carbons (Fsp3) is 0.588. The highest BCUT2D eigenvalue weighted by atomic mass is 16.5. The summed E-state index contributed by atoms with van der Waals surface area (Å²) in [6.45, 7) is 3.92. The summed E-state index contributed by atoms with van der Waals surface area (Å²) in [6.07, 6.45) is 2.69. The van der Waals surface area contributed by atoms with Crippen LogP contribution in [0.1, 0.15) is 24.8 Å². The van der Waals surface area contributed by atoms with Gasteiger partial charge in [0, 0.05) is 37.3 Å². The van der Waals surface area contributed by atoms with Gasteiger partial charge in [0.1, 0.15) is 0 Å². The second-order valence-corrected chi connectivity index (χ2v) is 6.22. The Balaban J connectivity index is 1.61. The number of nitrogens with zero attached hydrogens (tertiary/aromatic N) is 1. The van der Waals surface area contributed by atoms with E-state index in [0.29, 0.717) is 6.54 Å². The van der Waals surface area contributed by atoms with Gasteiger partial charge in [0.2, 0.25) is 5.91 Å². The first kappa shape index (κ1) is 15.3. The second kappa shape index (κ2) is 7.11. The molecule has 0 spiro atoms. The first-order valence-electron chi connectivity index (χ1n) is 8.18. The average Bonchev–Trinajstić information content (AvgIpc) is 3.00. The Bertz CT molecular complexity index is 514.